The third kappa shape index (κ3) is 3.70. The molecule has 5 heteroatoms. The lowest BCUT2D eigenvalue weighted by Gasteiger charge is -2.18. The fraction of sp³-hybridized carbons (Fsp3) is 0.250. The first-order chi connectivity index (χ1) is 10.1. The molecule has 0 aliphatic heterocycles. The summed E-state index contributed by atoms with van der Waals surface area (Å²) >= 11 is 9.57. The van der Waals surface area contributed by atoms with E-state index in [4.69, 9.17) is 26.8 Å². The largest absolute Gasteiger partial charge is 0.496 e. The molecule has 0 amide bonds. The molecule has 0 spiro atoms. The van der Waals surface area contributed by atoms with Gasteiger partial charge < -0.3 is 15.2 Å². The predicted octanol–water partition coefficient (Wildman–Crippen LogP) is 4.36. The van der Waals surface area contributed by atoms with Crippen LogP contribution in [0, 0.1) is 0 Å². The van der Waals surface area contributed by atoms with Gasteiger partial charge in [0.25, 0.3) is 0 Å². The Morgan fingerprint density at radius 2 is 1.90 bits per heavy atom. The van der Waals surface area contributed by atoms with Gasteiger partial charge in [-0.05, 0) is 46.1 Å². The topological polar surface area (TPSA) is 44.5 Å². The number of hydrogen-bond donors (Lipinski definition) is 1. The zero-order valence-electron chi connectivity index (χ0n) is 11.9. The highest BCUT2D eigenvalue weighted by Gasteiger charge is 2.17. The molecule has 1 unspecified atom stereocenters. The van der Waals surface area contributed by atoms with Crippen molar-refractivity contribution in [3.63, 3.8) is 0 Å². The number of ether oxygens (including phenoxy) is 2. The SMILES string of the molecule is COc1ccccc1CC(N)c1cc(Cl)cc(Br)c1OC. The average Bonchev–Trinajstić information content (AvgIpc) is 2.47. The van der Waals surface area contributed by atoms with Crippen molar-refractivity contribution < 1.29 is 9.47 Å². The second-order valence-corrected chi connectivity index (χ2v) is 5.92. The molecule has 2 aromatic carbocycles. The molecule has 0 saturated heterocycles. The Bertz CT molecular complexity index is 634. The Labute approximate surface area is 138 Å². The summed E-state index contributed by atoms with van der Waals surface area (Å²) in [5.74, 6) is 1.54. The Kier molecular flexibility index (Phi) is 5.51. The van der Waals surface area contributed by atoms with Crippen LogP contribution in [-0.4, -0.2) is 14.2 Å². The van der Waals surface area contributed by atoms with E-state index in [1.807, 2.05) is 30.3 Å². The van der Waals surface area contributed by atoms with E-state index in [9.17, 15) is 0 Å². The first-order valence-corrected chi connectivity index (χ1v) is 7.64. The highest BCUT2D eigenvalue weighted by molar-refractivity contribution is 9.10. The molecular weight excluding hydrogens is 354 g/mol. The van der Waals surface area contributed by atoms with Crippen molar-refractivity contribution in [2.45, 2.75) is 12.5 Å². The Morgan fingerprint density at radius 1 is 1.19 bits per heavy atom. The molecule has 0 bridgehead atoms. The standard InChI is InChI=1S/C16H17BrClNO2/c1-20-15-6-4-3-5-10(15)7-14(19)12-8-11(18)9-13(17)16(12)21-2/h3-6,8-9,14H,7,19H2,1-2H3. The van der Waals surface area contributed by atoms with Crippen molar-refractivity contribution in [3.05, 3.63) is 57.0 Å². The fourth-order valence-electron chi connectivity index (χ4n) is 2.29. The summed E-state index contributed by atoms with van der Waals surface area (Å²) in [4.78, 5) is 0. The van der Waals surface area contributed by atoms with Gasteiger partial charge in [-0.1, -0.05) is 29.8 Å². The molecule has 0 heterocycles. The fourth-order valence-corrected chi connectivity index (χ4v) is 3.29. The number of benzene rings is 2. The number of halogens is 2. The van der Waals surface area contributed by atoms with Gasteiger partial charge in [0.1, 0.15) is 11.5 Å². The maximum atomic E-state index is 6.35. The summed E-state index contributed by atoms with van der Waals surface area (Å²) in [5.41, 5.74) is 8.26. The van der Waals surface area contributed by atoms with Gasteiger partial charge in [-0.3, -0.25) is 0 Å². The monoisotopic (exact) mass is 369 g/mol. The van der Waals surface area contributed by atoms with Crippen molar-refractivity contribution in [3.8, 4) is 11.5 Å². The average molecular weight is 371 g/mol. The summed E-state index contributed by atoms with van der Waals surface area (Å²) in [5, 5.41) is 0.619. The Hall–Kier alpha value is -1.23. The summed E-state index contributed by atoms with van der Waals surface area (Å²) < 4.78 is 11.6. The second kappa shape index (κ2) is 7.16. The van der Waals surface area contributed by atoms with E-state index in [1.54, 1.807) is 20.3 Å². The molecule has 2 rings (SSSR count). The van der Waals surface area contributed by atoms with Crippen molar-refractivity contribution >= 4 is 27.5 Å². The predicted molar refractivity (Wildman–Crippen MR) is 89.3 cm³/mol. The van der Waals surface area contributed by atoms with Gasteiger partial charge in [0.2, 0.25) is 0 Å². The van der Waals surface area contributed by atoms with Crippen molar-refractivity contribution in [2.24, 2.45) is 5.73 Å². The summed E-state index contributed by atoms with van der Waals surface area (Å²) in [6, 6.07) is 11.2. The smallest absolute Gasteiger partial charge is 0.137 e. The molecule has 0 aliphatic carbocycles. The zero-order chi connectivity index (χ0) is 15.4. The third-order valence-electron chi connectivity index (χ3n) is 3.27. The first-order valence-electron chi connectivity index (χ1n) is 6.47. The van der Waals surface area contributed by atoms with E-state index in [0.29, 0.717) is 17.2 Å². The van der Waals surface area contributed by atoms with E-state index in [2.05, 4.69) is 15.9 Å². The number of para-hydroxylation sites is 1. The van der Waals surface area contributed by atoms with E-state index < -0.39 is 0 Å². The quantitative estimate of drug-likeness (QED) is 0.850. The van der Waals surface area contributed by atoms with Gasteiger partial charge >= 0.3 is 0 Å². The lowest BCUT2D eigenvalue weighted by Crippen LogP contribution is -2.15. The molecular formula is C16H17BrClNO2. The zero-order valence-corrected chi connectivity index (χ0v) is 14.2. The van der Waals surface area contributed by atoms with E-state index >= 15 is 0 Å². The lowest BCUT2D eigenvalue weighted by atomic mass is 9.98. The van der Waals surface area contributed by atoms with E-state index in [0.717, 1.165) is 21.3 Å². The molecule has 0 aliphatic rings. The summed E-state index contributed by atoms with van der Waals surface area (Å²) in [6.07, 6.45) is 0.632. The van der Waals surface area contributed by atoms with Crippen LogP contribution in [0.3, 0.4) is 0 Å². The van der Waals surface area contributed by atoms with Gasteiger partial charge in [-0.25, -0.2) is 0 Å². The van der Waals surface area contributed by atoms with Gasteiger partial charge in [0.15, 0.2) is 0 Å². The molecule has 112 valence electrons. The first kappa shape index (κ1) is 16.1. The van der Waals surface area contributed by atoms with Crippen LogP contribution < -0.4 is 15.2 Å². The second-order valence-electron chi connectivity index (χ2n) is 4.63. The minimum absolute atomic E-state index is 0.244. The summed E-state index contributed by atoms with van der Waals surface area (Å²) in [6.45, 7) is 0. The Balaban J connectivity index is 2.34. The maximum Gasteiger partial charge on any atom is 0.137 e. The van der Waals surface area contributed by atoms with Crippen LogP contribution in [0.25, 0.3) is 0 Å². The van der Waals surface area contributed by atoms with Crippen molar-refractivity contribution in [2.75, 3.05) is 14.2 Å². The Morgan fingerprint density at radius 3 is 2.57 bits per heavy atom. The van der Waals surface area contributed by atoms with Crippen molar-refractivity contribution in [1.29, 1.82) is 0 Å². The summed E-state index contributed by atoms with van der Waals surface area (Å²) in [7, 11) is 3.27. The minimum atomic E-state index is -0.244. The van der Waals surface area contributed by atoms with Crippen LogP contribution in [0.15, 0.2) is 40.9 Å². The van der Waals surface area contributed by atoms with Crippen LogP contribution >= 0.6 is 27.5 Å². The van der Waals surface area contributed by atoms with Crippen LogP contribution in [-0.2, 0) is 6.42 Å². The number of hydrogen-bond acceptors (Lipinski definition) is 3. The molecule has 1 atom stereocenters. The normalized spacial score (nSPS) is 12.0. The third-order valence-corrected chi connectivity index (χ3v) is 4.08. The molecule has 21 heavy (non-hydrogen) atoms. The molecule has 3 nitrogen and oxygen atoms in total. The van der Waals surface area contributed by atoms with Crippen molar-refractivity contribution in [1.82, 2.24) is 0 Å². The highest BCUT2D eigenvalue weighted by Crippen LogP contribution is 2.37. The van der Waals surface area contributed by atoms with Crippen LogP contribution in [0.4, 0.5) is 0 Å². The number of rotatable bonds is 5. The number of nitrogens with two attached hydrogens (primary N) is 1. The van der Waals surface area contributed by atoms with Gasteiger partial charge in [-0.15, -0.1) is 0 Å². The molecule has 0 aromatic heterocycles. The molecule has 0 radical (unpaired) electrons. The van der Waals surface area contributed by atoms with Gasteiger partial charge in [0.05, 0.1) is 18.7 Å². The lowest BCUT2D eigenvalue weighted by molar-refractivity contribution is 0.399. The van der Waals surface area contributed by atoms with Crippen LogP contribution in [0.5, 0.6) is 11.5 Å². The maximum absolute atomic E-state index is 6.35. The minimum Gasteiger partial charge on any atom is -0.496 e. The number of methoxy groups -OCH3 is 2. The molecule has 0 saturated carbocycles. The van der Waals surface area contributed by atoms with Crippen LogP contribution in [0.1, 0.15) is 17.2 Å². The van der Waals surface area contributed by atoms with Gasteiger partial charge in [-0.2, -0.15) is 0 Å². The molecule has 2 N–H and O–H groups in total. The van der Waals surface area contributed by atoms with Crippen LogP contribution in [0.2, 0.25) is 5.02 Å². The van der Waals surface area contributed by atoms with E-state index in [1.165, 1.54) is 0 Å². The van der Waals surface area contributed by atoms with E-state index in [-0.39, 0.29) is 6.04 Å². The highest BCUT2D eigenvalue weighted by atomic mass is 79.9. The van der Waals surface area contributed by atoms with Gasteiger partial charge in [0, 0.05) is 16.6 Å². The molecule has 0 fully saturated rings. The molecule has 2 aromatic rings.